The van der Waals surface area contributed by atoms with Crippen molar-refractivity contribution < 1.29 is 14.1 Å². The number of hydrogen-bond acceptors (Lipinski definition) is 5. The molecule has 2 aliphatic heterocycles. The van der Waals surface area contributed by atoms with E-state index in [1.54, 1.807) is 6.07 Å². The predicted octanol–water partition coefficient (Wildman–Crippen LogP) is 4.09. The van der Waals surface area contributed by atoms with Crippen molar-refractivity contribution in [1.82, 2.24) is 10.1 Å². The van der Waals surface area contributed by atoms with E-state index in [1.807, 2.05) is 18.7 Å². The minimum atomic E-state index is -0.117. The molecule has 2 fully saturated rings. The first-order valence-corrected chi connectivity index (χ1v) is 10.7. The Morgan fingerprint density at radius 2 is 2.00 bits per heavy atom. The number of likely N-dealkylation sites (tertiary alicyclic amines) is 1. The Labute approximate surface area is 172 Å². The van der Waals surface area contributed by atoms with Gasteiger partial charge in [-0.25, -0.2) is 0 Å². The lowest BCUT2D eigenvalue weighted by molar-refractivity contribution is -0.0393. The van der Waals surface area contributed by atoms with E-state index >= 15 is 0 Å². The van der Waals surface area contributed by atoms with Crippen LogP contribution in [0.25, 0.3) is 0 Å². The van der Waals surface area contributed by atoms with Crippen molar-refractivity contribution >= 4 is 11.6 Å². The maximum atomic E-state index is 12.8. The molecule has 2 aliphatic rings. The Hall–Kier alpha value is -2.34. The number of carbonyl (C=O) groups is 1. The number of nitrogens with zero attached hydrogens (tertiary/aromatic N) is 3. The molecule has 1 aromatic carbocycles. The molecule has 0 bridgehead atoms. The van der Waals surface area contributed by atoms with Gasteiger partial charge in [0.05, 0.1) is 23.9 Å². The van der Waals surface area contributed by atoms with Crippen LogP contribution >= 0.6 is 0 Å². The number of rotatable bonds is 5. The smallest absolute Gasteiger partial charge is 0.292 e. The lowest BCUT2D eigenvalue weighted by atomic mass is 9.87. The average molecular weight is 398 g/mol. The molecule has 1 amide bonds. The number of ether oxygens (including phenoxy) is 1. The number of anilines is 1. The highest BCUT2D eigenvalue weighted by Gasteiger charge is 2.45. The number of para-hydroxylation sites is 1. The van der Waals surface area contributed by atoms with E-state index in [9.17, 15) is 4.79 Å². The van der Waals surface area contributed by atoms with E-state index in [0.717, 1.165) is 38.1 Å². The van der Waals surface area contributed by atoms with Crippen molar-refractivity contribution in [3.63, 3.8) is 0 Å². The molecule has 3 heterocycles. The zero-order chi connectivity index (χ0) is 20.4. The summed E-state index contributed by atoms with van der Waals surface area (Å²) in [6, 6.07) is 12.7. The zero-order valence-electron chi connectivity index (χ0n) is 17.6. The van der Waals surface area contributed by atoms with Crippen molar-refractivity contribution in [2.75, 3.05) is 31.1 Å². The minimum absolute atomic E-state index is 0.0618. The highest BCUT2D eigenvalue weighted by molar-refractivity contribution is 5.91. The Morgan fingerprint density at radius 1 is 1.28 bits per heavy atom. The second-order valence-electron chi connectivity index (χ2n) is 8.54. The third-order valence-electron chi connectivity index (χ3n) is 6.35. The Balaban J connectivity index is 1.37. The molecular weight excluding hydrogens is 366 g/mol. The van der Waals surface area contributed by atoms with E-state index < -0.39 is 0 Å². The molecule has 1 aromatic heterocycles. The summed E-state index contributed by atoms with van der Waals surface area (Å²) in [6.45, 7) is 9.38. The van der Waals surface area contributed by atoms with Crippen molar-refractivity contribution in [2.24, 2.45) is 0 Å². The standard InChI is InChI=1S/C23H31N3O3/c1-4-26(18-8-6-5-7-9-18)19-15-23(28-16-19)10-12-25(13-11-23)22(27)21-14-20(17(2)3)24-29-21/h5-9,14,17,19H,4,10-13,15-16H2,1-3H3/t19-/m1/s1. The molecule has 2 saturated heterocycles. The van der Waals surface area contributed by atoms with Crippen molar-refractivity contribution in [3.8, 4) is 0 Å². The van der Waals surface area contributed by atoms with Crippen LogP contribution in [-0.2, 0) is 4.74 Å². The Morgan fingerprint density at radius 3 is 2.62 bits per heavy atom. The second-order valence-corrected chi connectivity index (χ2v) is 8.54. The summed E-state index contributed by atoms with van der Waals surface area (Å²) in [4.78, 5) is 17.1. The van der Waals surface area contributed by atoms with Crippen LogP contribution in [0.1, 0.15) is 62.2 Å². The van der Waals surface area contributed by atoms with E-state index in [0.29, 0.717) is 24.9 Å². The average Bonchev–Trinajstić information content (AvgIpc) is 3.38. The van der Waals surface area contributed by atoms with Crippen molar-refractivity contribution in [1.29, 1.82) is 0 Å². The summed E-state index contributed by atoms with van der Waals surface area (Å²) in [5.41, 5.74) is 1.96. The van der Waals surface area contributed by atoms with Gasteiger partial charge in [0.2, 0.25) is 5.76 Å². The molecular formula is C23H31N3O3. The number of amides is 1. The van der Waals surface area contributed by atoms with Gasteiger partial charge < -0.3 is 19.1 Å². The van der Waals surface area contributed by atoms with Gasteiger partial charge in [-0.2, -0.15) is 0 Å². The first kappa shape index (κ1) is 20.0. The molecule has 0 saturated carbocycles. The first-order chi connectivity index (χ1) is 14.0. The van der Waals surface area contributed by atoms with E-state index in [1.165, 1.54) is 5.69 Å². The summed E-state index contributed by atoms with van der Waals surface area (Å²) in [5.74, 6) is 0.532. The van der Waals surface area contributed by atoms with Gasteiger partial charge in [-0.15, -0.1) is 0 Å². The van der Waals surface area contributed by atoms with E-state index in [2.05, 4.69) is 47.3 Å². The fourth-order valence-electron chi connectivity index (χ4n) is 4.57. The molecule has 0 aliphatic carbocycles. The lowest BCUT2D eigenvalue weighted by Gasteiger charge is -2.38. The lowest BCUT2D eigenvalue weighted by Crippen LogP contribution is -2.47. The summed E-state index contributed by atoms with van der Waals surface area (Å²) in [7, 11) is 0. The SMILES string of the molecule is CCN(c1ccccc1)[C@H]1COC2(CCN(C(=O)c3cc(C(C)C)no3)CC2)C1. The summed E-state index contributed by atoms with van der Waals surface area (Å²) < 4.78 is 11.6. The molecule has 6 nitrogen and oxygen atoms in total. The molecule has 156 valence electrons. The summed E-state index contributed by atoms with van der Waals surface area (Å²) in [6.07, 6.45) is 2.75. The van der Waals surface area contributed by atoms with Crippen LogP contribution in [0.15, 0.2) is 40.9 Å². The zero-order valence-corrected chi connectivity index (χ0v) is 17.6. The van der Waals surface area contributed by atoms with Crippen LogP contribution in [0.2, 0.25) is 0 Å². The number of aromatic nitrogens is 1. The fourth-order valence-corrected chi connectivity index (χ4v) is 4.57. The van der Waals surface area contributed by atoms with Crippen molar-refractivity contribution in [3.05, 3.63) is 47.9 Å². The van der Waals surface area contributed by atoms with Crippen LogP contribution in [0.4, 0.5) is 5.69 Å². The number of benzene rings is 1. The quantitative estimate of drug-likeness (QED) is 0.761. The highest BCUT2D eigenvalue weighted by atomic mass is 16.5. The van der Waals surface area contributed by atoms with Gasteiger partial charge in [-0.1, -0.05) is 37.2 Å². The van der Waals surface area contributed by atoms with Gasteiger partial charge in [-0.3, -0.25) is 4.79 Å². The number of carbonyl (C=O) groups excluding carboxylic acids is 1. The summed E-state index contributed by atoms with van der Waals surface area (Å²) in [5, 5.41) is 4.02. The van der Waals surface area contributed by atoms with Crippen LogP contribution in [0, 0.1) is 0 Å². The molecule has 4 rings (SSSR count). The monoisotopic (exact) mass is 397 g/mol. The van der Waals surface area contributed by atoms with Crippen LogP contribution < -0.4 is 4.90 Å². The van der Waals surface area contributed by atoms with Crippen LogP contribution in [0.3, 0.4) is 0 Å². The van der Waals surface area contributed by atoms with Gasteiger partial charge in [0.15, 0.2) is 0 Å². The Kier molecular flexibility index (Phi) is 5.63. The molecule has 2 aromatic rings. The van der Waals surface area contributed by atoms with Gasteiger partial charge >= 0.3 is 0 Å². The topological polar surface area (TPSA) is 58.8 Å². The van der Waals surface area contributed by atoms with Gasteiger partial charge in [0.25, 0.3) is 5.91 Å². The van der Waals surface area contributed by atoms with Crippen LogP contribution in [-0.4, -0.2) is 53.8 Å². The molecule has 0 radical (unpaired) electrons. The maximum absolute atomic E-state index is 12.8. The van der Waals surface area contributed by atoms with Gasteiger partial charge in [-0.05, 0) is 44.2 Å². The second kappa shape index (κ2) is 8.19. The third kappa shape index (κ3) is 4.04. The van der Waals surface area contributed by atoms with Gasteiger partial charge in [0.1, 0.15) is 0 Å². The summed E-state index contributed by atoms with van der Waals surface area (Å²) >= 11 is 0. The maximum Gasteiger partial charge on any atom is 0.292 e. The first-order valence-electron chi connectivity index (χ1n) is 10.7. The number of piperidine rings is 1. The minimum Gasteiger partial charge on any atom is -0.373 e. The van der Waals surface area contributed by atoms with Crippen molar-refractivity contribution in [2.45, 2.75) is 57.6 Å². The third-order valence-corrected chi connectivity index (χ3v) is 6.35. The largest absolute Gasteiger partial charge is 0.373 e. The van der Waals surface area contributed by atoms with E-state index in [-0.39, 0.29) is 17.4 Å². The molecule has 1 spiro atoms. The fraction of sp³-hybridized carbons (Fsp3) is 0.565. The normalized spacial score (nSPS) is 21.1. The molecule has 0 N–H and O–H groups in total. The number of likely N-dealkylation sites (N-methyl/N-ethyl adjacent to an activating group) is 1. The highest BCUT2D eigenvalue weighted by Crippen LogP contribution is 2.39. The molecule has 29 heavy (non-hydrogen) atoms. The molecule has 1 atom stereocenters. The molecule has 0 unspecified atom stereocenters. The van der Waals surface area contributed by atoms with Gasteiger partial charge in [0, 0.05) is 31.4 Å². The van der Waals surface area contributed by atoms with E-state index in [4.69, 9.17) is 9.26 Å². The Bertz CT molecular complexity index is 825. The predicted molar refractivity (Wildman–Crippen MR) is 112 cm³/mol. The molecule has 6 heteroatoms. The van der Waals surface area contributed by atoms with Crippen LogP contribution in [0.5, 0.6) is 0 Å². The number of hydrogen-bond donors (Lipinski definition) is 0.